The molecule has 1 heterocycles. The number of hydrogen-bond acceptors (Lipinski definition) is 4. The fraction of sp³-hybridized carbons (Fsp3) is 0.562. The molecule has 2 unspecified atom stereocenters. The van der Waals surface area contributed by atoms with E-state index < -0.39 is 5.97 Å². The number of anilines is 1. The largest absolute Gasteiger partial charge is 0.478 e. The lowest BCUT2D eigenvalue weighted by molar-refractivity contribution is 0.0694. The van der Waals surface area contributed by atoms with E-state index in [1.54, 1.807) is 11.8 Å². The molecule has 2 N–H and O–H groups in total. The minimum atomic E-state index is -0.852. The lowest BCUT2D eigenvalue weighted by Gasteiger charge is -2.36. The van der Waals surface area contributed by atoms with Crippen molar-refractivity contribution in [3.8, 4) is 0 Å². The van der Waals surface area contributed by atoms with Crippen molar-refractivity contribution >= 4 is 23.4 Å². The van der Waals surface area contributed by atoms with Crippen molar-refractivity contribution in [2.24, 2.45) is 5.92 Å². The van der Waals surface area contributed by atoms with Crippen molar-refractivity contribution in [1.29, 1.82) is 0 Å². The number of nitrogens with zero attached hydrogens (tertiary/aromatic N) is 1. The van der Waals surface area contributed by atoms with Gasteiger partial charge in [-0.15, -0.1) is 11.8 Å². The standard InChI is InChI=1S/C16H24N2O2S/c1-4-21-14-7-5-6-13(15(14)16(19)20)17-12-8-9-18(3)10-11(12)2/h5-7,11-12,17H,4,8-10H2,1-3H3,(H,19,20). The molecule has 0 bridgehead atoms. The highest BCUT2D eigenvalue weighted by atomic mass is 32.2. The maximum atomic E-state index is 11.6. The highest BCUT2D eigenvalue weighted by Crippen LogP contribution is 2.30. The van der Waals surface area contributed by atoms with Gasteiger partial charge in [0.05, 0.1) is 11.3 Å². The lowest BCUT2D eigenvalue weighted by Crippen LogP contribution is -2.43. The predicted octanol–water partition coefficient (Wildman–Crippen LogP) is 3.25. The lowest BCUT2D eigenvalue weighted by atomic mass is 9.93. The van der Waals surface area contributed by atoms with Crippen molar-refractivity contribution in [1.82, 2.24) is 4.90 Å². The molecule has 21 heavy (non-hydrogen) atoms. The highest BCUT2D eigenvalue weighted by molar-refractivity contribution is 7.99. The number of carboxylic acid groups (broad SMARTS) is 1. The first-order valence-electron chi connectivity index (χ1n) is 7.47. The molecule has 116 valence electrons. The first-order valence-corrected chi connectivity index (χ1v) is 8.45. The van der Waals surface area contributed by atoms with E-state index in [0.717, 1.165) is 35.8 Å². The average molecular weight is 308 g/mol. The van der Waals surface area contributed by atoms with Gasteiger partial charge in [0.25, 0.3) is 0 Å². The van der Waals surface area contributed by atoms with Crippen LogP contribution < -0.4 is 5.32 Å². The third-order valence-corrected chi connectivity index (χ3v) is 4.93. The zero-order valence-corrected chi connectivity index (χ0v) is 13.7. The second kappa shape index (κ2) is 7.18. The number of piperidine rings is 1. The minimum absolute atomic E-state index is 0.334. The summed E-state index contributed by atoms with van der Waals surface area (Å²) in [5.41, 5.74) is 1.16. The molecule has 1 aromatic rings. The van der Waals surface area contributed by atoms with Crippen LogP contribution in [0.1, 0.15) is 30.6 Å². The van der Waals surface area contributed by atoms with Gasteiger partial charge in [-0.2, -0.15) is 0 Å². The molecule has 0 spiro atoms. The second-order valence-corrected chi connectivity index (χ2v) is 7.00. The highest BCUT2D eigenvalue weighted by Gasteiger charge is 2.26. The molecule has 1 aromatic carbocycles. The molecule has 1 aliphatic rings. The molecule has 2 atom stereocenters. The Kier molecular flexibility index (Phi) is 5.53. The van der Waals surface area contributed by atoms with Gasteiger partial charge in [0.15, 0.2) is 0 Å². The number of benzene rings is 1. The van der Waals surface area contributed by atoms with Gasteiger partial charge in [-0.1, -0.05) is 19.9 Å². The van der Waals surface area contributed by atoms with Crippen LogP contribution in [0.25, 0.3) is 0 Å². The van der Waals surface area contributed by atoms with Crippen molar-refractivity contribution in [3.63, 3.8) is 0 Å². The summed E-state index contributed by atoms with van der Waals surface area (Å²) in [5.74, 6) is 0.525. The maximum absolute atomic E-state index is 11.6. The predicted molar refractivity (Wildman–Crippen MR) is 88.5 cm³/mol. The zero-order valence-electron chi connectivity index (χ0n) is 12.9. The van der Waals surface area contributed by atoms with Crippen LogP contribution in [0.5, 0.6) is 0 Å². The number of rotatable bonds is 5. The molecular formula is C16H24N2O2S. The van der Waals surface area contributed by atoms with Crippen LogP contribution in [0, 0.1) is 5.92 Å². The monoisotopic (exact) mass is 308 g/mol. The van der Waals surface area contributed by atoms with Gasteiger partial charge >= 0.3 is 5.97 Å². The zero-order chi connectivity index (χ0) is 15.4. The topological polar surface area (TPSA) is 52.6 Å². The Morgan fingerprint density at radius 1 is 1.52 bits per heavy atom. The smallest absolute Gasteiger partial charge is 0.338 e. The van der Waals surface area contributed by atoms with Crippen molar-refractivity contribution in [2.75, 3.05) is 31.2 Å². The Balaban J connectivity index is 2.23. The SMILES string of the molecule is CCSc1cccc(NC2CCN(C)CC2C)c1C(=O)O. The molecular weight excluding hydrogens is 284 g/mol. The van der Waals surface area contributed by atoms with E-state index in [4.69, 9.17) is 0 Å². The van der Waals surface area contributed by atoms with Gasteiger partial charge in [-0.25, -0.2) is 4.79 Å². The summed E-state index contributed by atoms with van der Waals surface area (Å²) in [6, 6.07) is 6.04. The molecule has 5 heteroatoms. The number of carbonyl (C=O) groups is 1. The molecule has 0 aromatic heterocycles. The molecule has 0 saturated carbocycles. The van der Waals surface area contributed by atoms with Crippen LogP contribution in [0.15, 0.2) is 23.1 Å². The Bertz CT molecular complexity index is 507. The third-order valence-electron chi connectivity index (χ3n) is 3.99. The Morgan fingerprint density at radius 2 is 2.29 bits per heavy atom. The Morgan fingerprint density at radius 3 is 2.90 bits per heavy atom. The summed E-state index contributed by atoms with van der Waals surface area (Å²) in [6.07, 6.45) is 1.04. The first kappa shape index (κ1) is 16.2. The van der Waals surface area contributed by atoms with E-state index in [1.807, 2.05) is 25.1 Å². The van der Waals surface area contributed by atoms with Crippen LogP contribution in [-0.4, -0.2) is 47.9 Å². The van der Waals surface area contributed by atoms with Crippen LogP contribution in [0.2, 0.25) is 0 Å². The maximum Gasteiger partial charge on any atom is 0.338 e. The Hall–Kier alpha value is -1.20. The van der Waals surface area contributed by atoms with Gasteiger partial charge in [0, 0.05) is 17.5 Å². The van der Waals surface area contributed by atoms with Gasteiger partial charge in [0.2, 0.25) is 0 Å². The minimum Gasteiger partial charge on any atom is -0.478 e. The molecule has 1 aliphatic heterocycles. The molecule has 2 rings (SSSR count). The fourth-order valence-electron chi connectivity index (χ4n) is 2.92. The van der Waals surface area contributed by atoms with E-state index in [1.165, 1.54) is 0 Å². The number of thioether (sulfide) groups is 1. The van der Waals surface area contributed by atoms with E-state index >= 15 is 0 Å². The summed E-state index contributed by atoms with van der Waals surface area (Å²) in [5, 5.41) is 13.0. The quantitative estimate of drug-likeness (QED) is 0.818. The van der Waals surface area contributed by atoms with Crippen molar-refractivity contribution in [2.45, 2.75) is 31.2 Å². The number of aromatic carboxylic acids is 1. The molecule has 0 amide bonds. The summed E-state index contributed by atoms with van der Waals surface area (Å²) >= 11 is 1.58. The first-order chi connectivity index (χ1) is 10.0. The number of likely N-dealkylation sites (tertiary alicyclic amines) is 1. The van der Waals surface area contributed by atoms with Gasteiger partial charge < -0.3 is 15.3 Å². The Labute approximate surface area is 130 Å². The van der Waals surface area contributed by atoms with E-state index in [-0.39, 0.29) is 0 Å². The average Bonchev–Trinajstić information content (AvgIpc) is 2.42. The molecule has 0 radical (unpaired) electrons. The molecule has 4 nitrogen and oxygen atoms in total. The van der Waals surface area contributed by atoms with Crippen molar-refractivity contribution < 1.29 is 9.90 Å². The van der Waals surface area contributed by atoms with Gasteiger partial charge in [-0.3, -0.25) is 0 Å². The third kappa shape index (κ3) is 3.92. The molecule has 1 fully saturated rings. The summed E-state index contributed by atoms with van der Waals surface area (Å²) in [7, 11) is 2.13. The summed E-state index contributed by atoms with van der Waals surface area (Å²) in [4.78, 5) is 14.8. The van der Waals surface area contributed by atoms with Crippen LogP contribution >= 0.6 is 11.8 Å². The van der Waals surface area contributed by atoms with Crippen LogP contribution in [-0.2, 0) is 0 Å². The summed E-state index contributed by atoms with van der Waals surface area (Å²) in [6.45, 7) is 6.35. The number of hydrogen-bond donors (Lipinski definition) is 2. The second-order valence-electron chi connectivity index (χ2n) is 5.70. The number of carboxylic acids is 1. The van der Waals surface area contributed by atoms with E-state index in [2.05, 4.69) is 24.2 Å². The normalized spacial score (nSPS) is 23.0. The molecule has 0 aliphatic carbocycles. The molecule has 1 saturated heterocycles. The van der Waals surface area contributed by atoms with Gasteiger partial charge in [0.1, 0.15) is 0 Å². The van der Waals surface area contributed by atoms with Crippen LogP contribution in [0.4, 0.5) is 5.69 Å². The van der Waals surface area contributed by atoms with E-state index in [9.17, 15) is 9.90 Å². The number of nitrogens with one attached hydrogen (secondary N) is 1. The fourth-order valence-corrected chi connectivity index (χ4v) is 3.74. The summed E-state index contributed by atoms with van der Waals surface area (Å²) < 4.78 is 0. The van der Waals surface area contributed by atoms with Crippen LogP contribution in [0.3, 0.4) is 0 Å². The van der Waals surface area contributed by atoms with Crippen molar-refractivity contribution in [3.05, 3.63) is 23.8 Å². The van der Waals surface area contributed by atoms with E-state index in [0.29, 0.717) is 17.5 Å². The van der Waals surface area contributed by atoms with Gasteiger partial charge in [-0.05, 0) is 43.8 Å².